The Hall–Kier alpha value is -2.41. The molecule has 0 bridgehead atoms. The number of hydrogen-bond donors (Lipinski definition) is 3. The number of H-pyrrole nitrogens is 1. The Kier molecular flexibility index (Phi) is 4.99. The minimum atomic E-state index is -0.555. The molecule has 0 aliphatic carbocycles. The lowest BCUT2D eigenvalue weighted by Crippen LogP contribution is -2.47. The van der Waals surface area contributed by atoms with Gasteiger partial charge in [-0.1, -0.05) is 24.3 Å². The van der Waals surface area contributed by atoms with Crippen LogP contribution in [-0.2, 0) is 12.8 Å². The van der Waals surface area contributed by atoms with Crippen LogP contribution >= 0.6 is 0 Å². The molecule has 3 heterocycles. The predicted octanol–water partition coefficient (Wildman–Crippen LogP) is 2.78. The van der Waals surface area contributed by atoms with E-state index < -0.39 is 6.23 Å². The molecule has 0 amide bonds. The number of likely N-dealkylation sites (tertiary alicyclic amines) is 1. The number of para-hydroxylation sites is 2. The summed E-state index contributed by atoms with van der Waals surface area (Å²) in [5, 5.41) is 14.1. The highest BCUT2D eigenvalue weighted by Crippen LogP contribution is 2.30. The van der Waals surface area contributed by atoms with Crippen LogP contribution in [0.4, 0.5) is 0 Å². The van der Waals surface area contributed by atoms with E-state index >= 15 is 0 Å². The molecule has 2 aromatic carbocycles. The van der Waals surface area contributed by atoms with E-state index in [4.69, 9.17) is 9.72 Å². The van der Waals surface area contributed by atoms with Gasteiger partial charge >= 0.3 is 0 Å². The van der Waals surface area contributed by atoms with Crippen LogP contribution in [-0.4, -0.2) is 52.4 Å². The fourth-order valence-electron chi connectivity index (χ4n) is 4.61. The molecule has 1 fully saturated rings. The van der Waals surface area contributed by atoms with Gasteiger partial charge in [0.15, 0.2) is 0 Å². The second-order valence-corrected chi connectivity index (χ2v) is 8.28. The summed E-state index contributed by atoms with van der Waals surface area (Å²) in [5.74, 6) is 1.99. The summed E-state index contributed by atoms with van der Waals surface area (Å²) in [6, 6.07) is 14.9. The number of aromatic amines is 1. The highest BCUT2D eigenvalue weighted by Gasteiger charge is 2.30. The fourth-order valence-corrected chi connectivity index (χ4v) is 4.61. The van der Waals surface area contributed by atoms with Gasteiger partial charge in [-0.3, -0.25) is 10.2 Å². The minimum Gasteiger partial charge on any atom is -0.493 e. The molecule has 3 atom stereocenters. The van der Waals surface area contributed by atoms with Gasteiger partial charge < -0.3 is 14.8 Å². The maximum absolute atomic E-state index is 10.7. The number of nitrogens with one attached hydrogen (secondary N) is 2. The number of fused-ring (bicyclic) bond motifs is 2. The largest absolute Gasteiger partial charge is 0.493 e. The molecule has 0 radical (unpaired) electrons. The third-order valence-electron chi connectivity index (χ3n) is 6.20. The summed E-state index contributed by atoms with van der Waals surface area (Å²) in [7, 11) is 2.15. The van der Waals surface area contributed by atoms with E-state index in [1.54, 1.807) is 0 Å². The van der Waals surface area contributed by atoms with E-state index in [2.05, 4.69) is 40.4 Å². The highest BCUT2D eigenvalue weighted by molar-refractivity contribution is 5.74. The van der Waals surface area contributed by atoms with Gasteiger partial charge in [-0.05, 0) is 49.2 Å². The molecule has 5 rings (SSSR count). The minimum absolute atomic E-state index is 0.220. The Labute approximate surface area is 170 Å². The smallest absolute Gasteiger partial charge is 0.124 e. The summed E-state index contributed by atoms with van der Waals surface area (Å²) < 4.78 is 5.57. The van der Waals surface area contributed by atoms with Crippen molar-refractivity contribution in [3.05, 3.63) is 59.4 Å². The van der Waals surface area contributed by atoms with Gasteiger partial charge in [-0.25, -0.2) is 4.98 Å². The zero-order valence-electron chi connectivity index (χ0n) is 16.8. The van der Waals surface area contributed by atoms with E-state index in [1.165, 1.54) is 5.56 Å². The van der Waals surface area contributed by atoms with Gasteiger partial charge in [0, 0.05) is 25.4 Å². The van der Waals surface area contributed by atoms with Gasteiger partial charge in [-0.2, -0.15) is 0 Å². The third-order valence-corrected chi connectivity index (χ3v) is 6.20. The van der Waals surface area contributed by atoms with Gasteiger partial charge in [0.1, 0.15) is 17.8 Å². The van der Waals surface area contributed by atoms with E-state index in [0.717, 1.165) is 60.6 Å². The zero-order valence-corrected chi connectivity index (χ0v) is 16.8. The van der Waals surface area contributed by atoms with Crippen molar-refractivity contribution in [2.75, 3.05) is 20.2 Å². The van der Waals surface area contributed by atoms with Crippen LogP contribution in [0.1, 0.15) is 35.8 Å². The van der Waals surface area contributed by atoms with Crippen molar-refractivity contribution in [3.63, 3.8) is 0 Å². The number of hydrogen-bond acceptors (Lipinski definition) is 5. The molecule has 152 valence electrons. The molecule has 3 N–H and O–H groups in total. The molecule has 1 aromatic heterocycles. The fraction of sp³-hybridized carbons (Fsp3) is 0.435. The van der Waals surface area contributed by atoms with Crippen LogP contribution in [0.25, 0.3) is 11.0 Å². The molecule has 2 aliphatic rings. The van der Waals surface area contributed by atoms with E-state index in [9.17, 15) is 5.11 Å². The first-order valence-corrected chi connectivity index (χ1v) is 10.5. The molecule has 1 unspecified atom stereocenters. The molecular weight excluding hydrogens is 364 g/mol. The summed E-state index contributed by atoms with van der Waals surface area (Å²) in [6.07, 6.45) is 2.95. The van der Waals surface area contributed by atoms with Crippen molar-refractivity contribution in [2.24, 2.45) is 0 Å². The van der Waals surface area contributed by atoms with Crippen LogP contribution in [0.15, 0.2) is 42.5 Å². The Morgan fingerprint density at radius 3 is 3.10 bits per heavy atom. The molecule has 0 saturated carbocycles. The lowest BCUT2D eigenvalue weighted by atomic mass is 9.96. The average molecular weight is 393 g/mol. The van der Waals surface area contributed by atoms with Crippen LogP contribution in [0, 0.1) is 0 Å². The lowest BCUT2D eigenvalue weighted by molar-refractivity contribution is 0.0833. The van der Waals surface area contributed by atoms with Crippen molar-refractivity contribution < 1.29 is 9.84 Å². The summed E-state index contributed by atoms with van der Waals surface area (Å²) in [4.78, 5) is 10.6. The SMILES string of the molecule is CN1CC[C@@H](NC(O)Cc2ccc3c(c2)CCO3)C[C@@H]1c1nc2ccccc2[nH]1. The topological polar surface area (TPSA) is 73.4 Å². The number of nitrogens with zero attached hydrogens (tertiary/aromatic N) is 2. The number of benzene rings is 2. The number of aliphatic hydroxyl groups is 1. The Morgan fingerprint density at radius 1 is 1.31 bits per heavy atom. The number of ether oxygens (including phenoxy) is 1. The van der Waals surface area contributed by atoms with Gasteiger partial charge in [0.25, 0.3) is 0 Å². The molecule has 0 spiro atoms. The standard InChI is InChI=1S/C23H28N4O2/c1-27-10-8-17(14-20(27)23-25-18-4-2-3-5-19(18)26-23)24-22(28)13-15-6-7-21-16(12-15)9-11-29-21/h2-7,12,17,20,22,24,28H,8-11,13-14H2,1H3,(H,25,26)/t17-,20-,22?/m1/s1. The summed E-state index contributed by atoms with van der Waals surface area (Å²) >= 11 is 0. The third kappa shape index (κ3) is 3.88. The van der Waals surface area contributed by atoms with Crippen molar-refractivity contribution in [1.29, 1.82) is 0 Å². The second kappa shape index (κ2) is 7.78. The number of imidazole rings is 1. The molecular formula is C23H28N4O2. The predicted molar refractivity (Wildman–Crippen MR) is 113 cm³/mol. The van der Waals surface area contributed by atoms with E-state index in [-0.39, 0.29) is 12.1 Å². The van der Waals surface area contributed by atoms with Crippen molar-refractivity contribution >= 4 is 11.0 Å². The molecule has 1 saturated heterocycles. The van der Waals surface area contributed by atoms with Gasteiger partial charge in [0.2, 0.25) is 0 Å². The van der Waals surface area contributed by atoms with Crippen molar-refractivity contribution in [3.8, 4) is 5.75 Å². The molecule has 29 heavy (non-hydrogen) atoms. The quantitative estimate of drug-likeness (QED) is 0.583. The molecule has 6 heteroatoms. The van der Waals surface area contributed by atoms with E-state index in [0.29, 0.717) is 6.42 Å². The first-order chi connectivity index (χ1) is 14.2. The Morgan fingerprint density at radius 2 is 2.21 bits per heavy atom. The Balaban J connectivity index is 1.24. The number of rotatable bonds is 5. The normalized spacial score (nSPS) is 23.1. The average Bonchev–Trinajstić information content (AvgIpc) is 3.35. The summed E-state index contributed by atoms with van der Waals surface area (Å²) in [5.41, 5.74) is 4.48. The highest BCUT2D eigenvalue weighted by atomic mass is 16.5. The number of aromatic nitrogens is 2. The molecule has 6 nitrogen and oxygen atoms in total. The number of aliphatic hydroxyl groups excluding tert-OH is 1. The van der Waals surface area contributed by atoms with Crippen LogP contribution in [0.5, 0.6) is 5.75 Å². The summed E-state index contributed by atoms with van der Waals surface area (Å²) in [6.45, 7) is 1.74. The van der Waals surface area contributed by atoms with Crippen LogP contribution < -0.4 is 10.1 Å². The maximum atomic E-state index is 10.7. The molecule has 2 aliphatic heterocycles. The maximum Gasteiger partial charge on any atom is 0.124 e. The van der Waals surface area contributed by atoms with E-state index in [1.807, 2.05) is 24.3 Å². The van der Waals surface area contributed by atoms with Crippen molar-refractivity contribution in [2.45, 2.75) is 44.0 Å². The second-order valence-electron chi connectivity index (χ2n) is 8.28. The Bertz CT molecular complexity index is 968. The lowest BCUT2D eigenvalue weighted by Gasteiger charge is -2.37. The van der Waals surface area contributed by atoms with Gasteiger partial charge in [-0.15, -0.1) is 0 Å². The van der Waals surface area contributed by atoms with Crippen LogP contribution in [0.2, 0.25) is 0 Å². The van der Waals surface area contributed by atoms with Crippen molar-refractivity contribution in [1.82, 2.24) is 20.2 Å². The first-order valence-electron chi connectivity index (χ1n) is 10.5. The van der Waals surface area contributed by atoms with Gasteiger partial charge in [0.05, 0.1) is 23.7 Å². The number of piperidine rings is 1. The zero-order chi connectivity index (χ0) is 19.8. The van der Waals surface area contributed by atoms with Crippen LogP contribution in [0.3, 0.4) is 0 Å². The molecule has 3 aromatic rings. The first kappa shape index (κ1) is 18.6. The monoisotopic (exact) mass is 392 g/mol.